The maximum atomic E-state index is 12.6. The number of hydrogen-bond acceptors (Lipinski definition) is 7. The molecule has 0 saturated carbocycles. The van der Waals surface area contributed by atoms with E-state index in [1.54, 1.807) is 19.1 Å². The number of carbonyl (C=O) groups excluding carboxylic acids is 3. The minimum absolute atomic E-state index is 0.0111. The van der Waals surface area contributed by atoms with Crippen LogP contribution in [0.3, 0.4) is 0 Å². The van der Waals surface area contributed by atoms with Gasteiger partial charge in [0.05, 0.1) is 27.5 Å². The third-order valence-electron chi connectivity index (χ3n) is 4.54. The first kappa shape index (κ1) is 23.5. The Hall–Kier alpha value is -4.18. The summed E-state index contributed by atoms with van der Waals surface area (Å²) in [6.45, 7) is 3.08. The molecule has 0 aliphatic carbocycles. The van der Waals surface area contributed by atoms with Crippen molar-refractivity contribution in [1.82, 2.24) is 0 Å². The van der Waals surface area contributed by atoms with Gasteiger partial charge in [0, 0.05) is 17.8 Å². The molecule has 0 aliphatic heterocycles. The van der Waals surface area contributed by atoms with E-state index in [9.17, 15) is 24.5 Å². The Morgan fingerprint density at radius 3 is 2.52 bits per heavy atom. The van der Waals surface area contributed by atoms with Gasteiger partial charge in [0.1, 0.15) is 0 Å². The Balaban J connectivity index is 1.68. The van der Waals surface area contributed by atoms with Crippen molar-refractivity contribution < 1.29 is 28.5 Å². The van der Waals surface area contributed by atoms with E-state index in [2.05, 4.69) is 10.6 Å². The Labute approximate surface area is 192 Å². The van der Waals surface area contributed by atoms with Crippen molar-refractivity contribution in [3.8, 4) is 0 Å². The number of rotatable bonds is 7. The van der Waals surface area contributed by atoms with E-state index in [4.69, 9.17) is 20.8 Å². The lowest BCUT2D eigenvalue weighted by Gasteiger charge is -2.15. The van der Waals surface area contributed by atoms with Crippen molar-refractivity contribution in [3.63, 3.8) is 0 Å². The van der Waals surface area contributed by atoms with Gasteiger partial charge in [-0.3, -0.25) is 19.7 Å². The molecule has 0 aliphatic rings. The van der Waals surface area contributed by atoms with Gasteiger partial charge in [0.2, 0.25) is 0 Å². The number of halogens is 1. The van der Waals surface area contributed by atoms with Crippen LogP contribution in [0.25, 0.3) is 0 Å². The van der Waals surface area contributed by atoms with Crippen LogP contribution in [-0.4, -0.2) is 28.8 Å². The zero-order valence-corrected chi connectivity index (χ0v) is 18.2. The molecule has 1 atom stereocenters. The highest BCUT2D eigenvalue weighted by Gasteiger charge is 2.22. The van der Waals surface area contributed by atoms with Crippen LogP contribution in [0.15, 0.2) is 59.2 Å². The number of anilines is 2. The van der Waals surface area contributed by atoms with E-state index in [1.165, 1.54) is 43.5 Å². The standard InChI is InChI=1S/C22H18ClN3O7/c1-12-5-6-14(10-17(12)24-21(28)19-4-3-9-32-19)22(29)33-13(2)20(27)25-18-11-15(26(30)31)7-8-16(18)23/h3-11,13H,1-2H3,(H,24,28)(H,25,27)/t13-/m0/s1. The number of carbonyl (C=O) groups is 3. The number of nitro groups is 1. The van der Waals surface area contributed by atoms with Crippen LogP contribution in [-0.2, 0) is 9.53 Å². The highest BCUT2D eigenvalue weighted by atomic mass is 35.5. The van der Waals surface area contributed by atoms with Crippen molar-refractivity contribution >= 4 is 46.4 Å². The average Bonchev–Trinajstić information content (AvgIpc) is 3.31. The van der Waals surface area contributed by atoms with E-state index >= 15 is 0 Å². The molecule has 2 N–H and O–H groups in total. The molecule has 170 valence electrons. The SMILES string of the molecule is Cc1ccc(C(=O)O[C@@H](C)C(=O)Nc2cc([N+](=O)[O-])ccc2Cl)cc1NC(=O)c1ccco1. The number of ether oxygens (including phenoxy) is 1. The largest absolute Gasteiger partial charge is 0.459 e. The van der Waals surface area contributed by atoms with Crippen LogP contribution >= 0.6 is 11.6 Å². The predicted octanol–water partition coefficient (Wildman–Crippen LogP) is 4.59. The van der Waals surface area contributed by atoms with E-state index in [-0.39, 0.29) is 27.7 Å². The highest BCUT2D eigenvalue weighted by molar-refractivity contribution is 6.33. The van der Waals surface area contributed by atoms with Crippen molar-refractivity contribution in [2.75, 3.05) is 10.6 Å². The number of nitro benzene ring substituents is 1. The van der Waals surface area contributed by atoms with E-state index in [0.29, 0.717) is 11.3 Å². The van der Waals surface area contributed by atoms with Crippen molar-refractivity contribution in [1.29, 1.82) is 0 Å². The molecule has 1 aromatic heterocycles. The van der Waals surface area contributed by atoms with Crippen molar-refractivity contribution in [2.45, 2.75) is 20.0 Å². The minimum Gasteiger partial charge on any atom is -0.459 e. The number of benzene rings is 2. The summed E-state index contributed by atoms with van der Waals surface area (Å²) in [5.74, 6) is -1.93. The quantitative estimate of drug-likeness (QED) is 0.291. The number of esters is 1. The van der Waals surface area contributed by atoms with Gasteiger partial charge >= 0.3 is 5.97 Å². The minimum atomic E-state index is -1.24. The lowest BCUT2D eigenvalue weighted by molar-refractivity contribution is -0.384. The molecule has 0 spiro atoms. The summed E-state index contributed by atoms with van der Waals surface area (Å²) in [6.07, 6.45) is 0.123. The van der Waals surface area contributed by atoms with Crippen LogP contribution in [0, 0.1) is 17.0 Å². The molecule has 0 bridgehead atoms. The first-order valence-electron chi connectivity index (χ1n) is 9.57. The maximum absolute atomic E-state index is 12.6. The molecule has 3 aromatic rings. The third kappa shape index (κ3) is 5.74. The Bertz CT molecular complexity index is 1220. The third-order valence-corrected chi connectivity index (χ3v) is 4.87. The summed E-state index contributed by atoms with van der Waals surface area (Å²) in [4.78, 5) is 47.5. The number of hydrogen-bond donors (Lipinski definition) is 2. The number of furan rings is 1. The second-order valence-corrected chi connectivity index (χ2v) is 7.33. The summed E-state index contributed by atoms with van der Waals surface area (Å²) < 4.78 is 10.2. The van der Waals surface area contributed by atoms with E-state index in [0.717, 1.165) is 6.07 Å². The number of nitrogens with zero attached hydrogens (tertiary/aromatic N) is 1. The summed E-state index contributed by atoms with van der Waals surface area (Å²) >= 11 is 5.98. The Morgan fingerprint density at radius 1 is 1.09 bits per heavy atom. The van der Waals surface area contributed by atoms with Gasteiger partial charge < -0.3 is 19.8 Å². The lowest BCUT2D eigenvalue weighted by atomic mass is 10.1. The monoisotopic (exact) mass is 471 g/mol. The fourth-order valence-electron chi connectivity index (χ4n) is 2.71. The highest BCUT2D eigenvalue weighted by Crippen LogP contribution is 2.27. The summed E-state index contributed by atoms with van der Waals surface area (Å²) in [7, 11) is 0. The summed E-state index contributed by atoms with van der Waals surface area (Å²) in [6, 6.07) is 11.2. The molecule has 11 heteroatoms. The fraction of sp³-hybridized carbons (Fsp3) is 0.136. The summed E-state index contributed by atoms with van der Waals surface area (Å²) in [5.41, 5.74) is 0.910. The number of nitrogens with one attached hydrogen (secondary N) is 2. The molecule has 33 heavy (non-hydrogen) atoms. The topological polar surface area (TPSA) is 141 Å². The Morgan fingerprint density at radius 2 is 1.85 bits per heavy atom. The van der Waals surface area contributed by atoms with Gasteiger partial charge in [-0.15, -0.1) is 0 Å². The smallest absolute Gasteiger partial charge is 0.338 e. The van der Waals surface area contributed by atoms with Crippen LogP contribution < -0.4 is 10.6 Å². The zero-order valence-electron chi connectivity index (χ0n) is 17.5. The van der Waals surface area contributed by atoms with E-state index in [1.807, 2.05) is 0 Å². The molecule has 2 amide bonds. The first-order valence-corrected chi connectivity index (χ1v) is 9.95. The normalized spacial score (nSPS) is 11.4. The van der Waals surface area contributed by atoms with Crippen molar-refractivity contribution in [2.24, 2.45) is 0 Å². The molecule has 0 saturated heterocycles. The zero-order chi connectivity index (χ0) is 24.1. The fourth-order valence-corrected chi connectivity index (χ4v) is 2.88. The van der Waals surface area contributed by atoms with Gasteiger partial charge in [-0.25, -0.2) is 4.79 Å². The second kappa shape index (κ2) is 9.96. The van der Waals surface area contributed by atoms with Gasteiger partial charge in [0.25, 0.3) is 17.5 Å². The molecule has 2 aromatic carbocycles. The number of non-ortho nitro benzene ring substituents is 1. The van der Waals surface area contributed by atoms with Gasteiger partial charge in [0.15, 0.2) is 11.9 Å². The predicted molar refractivity (Wildman–Crippen MR) is 119 cm³/mol. The molecule has 1 heterocycles. The van der Waals surface area contributed by atoms with Gasteiger partial charge in [-0.1, -0.05) is 17.7 Å². The van der Waals surface area contributed by atoms with Crippen LogP contribution in [0.1, 0.15) is 33.4 Å². The molecule has 0 radical (unpaired) electrons. The van der Waals surface area contributed by atoms with Crippen LogP contribution in [0.2, 0.25) is 5.02 Å². The van der Waals surface area contributed by atoms with Gasteiger partial charge in [-0.2, -0.15) is 0 Å². The second-order valence-electron chi connectivity index (χ2n) is 6.92. The van der Waals surface area contributed by atoms with Crippen molar-refractivity contribution in [3.05, 3.63) is 86.8 Å². The number of aryl methyl sites for hydroxylation is 1. The lowest BCUT2D eigenvalue weighted by Crippen LogP contribution is -2.30. The van der Waals surface area contributed by atoms with Gasteiger partial charge in [-0.05, 0) is 49.7 Å². The molecule has 0 unspecified atom stereocenters. The molecule has 0 fully saturated rings. The molecular weight excluding hydrogens is 454 g/mol. The summed E-state index contributed by atoms with van der Waals surface area (Å²) in [5, 5.41) is 16.1. The molecule has 10 nitrogen and oxygen atoms in total. The molecule has 3 rings (SSSR count). The maximum Gasteiger partial charge on any atom is 0.338 e. The first-order chi connectivity index (χ1) is 15.7. The van der Waals surface area contributed by atoms with Crippen LogP contribution in [0.5, 0.6) is 0 Å². The van der Waals surface area contributed by atoms with Crippen LogP contribution in [0.4, 0.5) is 17.1 Å². The number of amides is 2. The van der Waals surface area contributed by atoms with E-state index < -0.39 is 28.8 Å². The average molecular weight is 472 g/mol. The Kier molecular flexibility index (Phi) is 7.09. The molecular formula is C22H18ClN3O7.